The fourth-order valence-corrected chi connectivity index (χ4v) is 0.871. The van der Waals surface area contributed by atoms with Crippen molar-refractivity contribution in [2.75, 3.05) is 5.33 Å². The van der Waals surface area contributed by atoms with Gasteiger partial charge in [0.1, 0.15) is 0 Å². The van der Waals surface area contributed by atoms with Crippen molar-refractivity contribution in [1.82, 2.24) is 0 Å². The van der Waals surface area contributed by atoms with Crippen LogP contribution in [0.4, 0.5) is 4.79 Å². The quantitative estimate of drug-likeness (QED) is 0.568. The topological polar surface area (TPSA) is 26.3 Å². The maximum atomic E-state index is 10.1. The maximum Gasteiger partial charge on any atom is 0.405 e. The van der Waals surface area contributed by atoms with E-state index in [0.717, 1.165) is 0 Å². The zero-order chi connectivity index (χ0) is 7.49. The molecule has 0 spiro atoms. The summed E-state index contributed by atoms with van der Waals surface area (Å²) in [6, 6.07) is 0. The number of ether oxygens (including phenoxy) is 1. The molecule has 0 radical (unpaired) electrons. The predicted octanol–water partition coefficient (Wildman–Crippen LogP) is 3.20. The lowest BCUT2D eigenvalue weighted by atomic mass is 10.9. The number of halogens is 4. The second-order valence-corrected chi connectivity index (χ2v) is 5.61. The van der Waals surface area contributed by atoms with Gasteiger partial charge in [-0.2, -0.15) is 0 Å². The molecule has 54 valence electrons. The monoisotopic (exact) mass is 342 g/mol. The second-order valence-electron chi connectivity index (χ2n) is 1.11. The summed E-state index contributed by atoms with van der Waals surface area (Å²) in [5, 5.41) is 0.415. The van der Waals surface area contributed by atoms with Gasteiger partial charge < -0.3 is 4.74 Å². The van der Waals surface area contributed by atoms with Crippen LogP contribution in [-0.2, 0) is 4.74 Å². The van der Waals surface area contributed by atoms with Gasteiger partial charge in [0.15, 0.2) is 0 Å². The Labute approximate surface area is 82.7 Å². The summed E-state index contributed by atoms with van der Waals surface area (Å²) in [6.45, 7) is 0. The molecule has 0 aromatic heterocycles. The summed E-state index contributed by atoms with van der Waals surface area (Å²) >= 11 is 14.0. The smallest absolute Gasteiger partial charge is 0.405 e. The lowest BCUT2D eigenvalue weighted by Crippen LogP contribution is -2.19. The van der Waals surface area contributed by atoms with Crippen LogP contribution in [0.3, 0.4) is 0 Å². The van der Waals surface area contributed by atoms with Crippen molar-refractivity contribution in [1.29, 1.82) is 0 Å². The van der Waals surface area contributed by atoms with Crippen molar-refractivity contribution in [3.8, 4) is 0 Å². The van der Waals surface area contributed by atoms with Crippen LogP contribution >= 0.6 is 59.4 Å². The number of carbonyl (C=O) groups excluding carboxylic acids is 1. The normalized spacial score (nSPS) is 11.1. The summed E-state index contributed by atoms with van der Waals surface area (Å²) < 4.78 is 3.62. The Morgan fingerprint density at radius 2 is 2.11 bits per heavy atom. The van der Waals surface area contributed by atoms with E-state index in [2.05, 4.69) is 52.5 Å². The Morgan fingerprint density at radius 3 is 2.22 bits per heavy atom. The second kappa shape index (κ2) is 4.16. The van der Waals surface area contributed by atoms with Crippen LogP contribution in [0.25, 0.3) is 0 Å². The molecule has 0 rings (SSSR count). The summed E-state index contributed by atoms with van der Waals surface area (Å²) in [4.78, 5) is 10.1. The molecule has 0 aliphatic carbocycles. The lowest BCUT2D eigenvalue weighted by molar-refractivity contribution is 0.163. The van der Waals surface area contributed by atoms with Gasteiger partial charge >= 0.3 is 5.43 Å². The molecule has 6 heteroatoms. The van der Waals surface area contributed by atoms with Crippen LogP contribution in [-0.4, -0.2) is 14.2 Å². The first kappa shape index (κ1) is 10.2. The Balaban J connectivity index is 3.71. The first-order valence-corrected chi connectivity index (χ1v) is 4.89. The molecule has 0 fully saturated rings. The number of hydrogen-bond acceptors (Lipinski definition) is 2. The SMILES string of the molecule is O=C(Cl)OC(Br)(Br)CBr. The molecule has 0 aromatic carbocycles. The Morgan fingerprint density at radius 1 is 1.67 bits per heavy atom. The predicted molar refractivity (Wildman–Crippen MR) is 46.7 cm³/mol. The highest BCUT2D eigenvalue weighted by atomic mass is 79.9. The van der Waals surface area contributed by atoms with Gasteiger partial charge in [0.25, 0.3) is 0 Å². The van der Waals surface area contributed by atoms with Gasteiger partial charge in [-0.15, -0.1) is 0 Å². The van der Waals surface area contributed by atoms with Crippen LogP contribution in [0.1, 0.15) is 0 Å². The van der Waals surface area contributed by atoms with Crippen molar-refractivity contribution in [3.05, 3.63) is 0 Å². The largest absolute Gasteiger partial charge is 0.424 e. The average molecular weight is 345 g/mol. The molecule has 0 aliphatic rings. The van der Waals surface area contributed by atoms with Crippen molar-refractivity contribution >= 4 is 64.8 Å². The number of alkyl halides is 3. The molecule has 0 saturated heterocycles. The molecule has 0 aromatic rings. The van der Waals surface area contributed by atoms with Gasteiger partial charge in [-0.1, -0.05) is 15.9 Å². The molecule has 0 heterocycles. The van der Waals surface area contributed by atoms with Gasteiger partial charge in [0.05, 0.1) is 5.33 Å². The van der Waals surface area contributed by atoms with E-state index in [0.29, 0.717) is 5.33 Å². The fourth-order valence-electron chi connectivity index (χ4n) is 0.145. The zero-order valence-corrected chi connectivity index (χ0v) is 9.55. The first-order chi connectivity index (χ1) is 3.98. The highest BCUT2D eigenvalue weighted by molar-refractivity contribution is 9.26. The molecule has 0 amide bonds. The third-order valence-corrected chi connectivity index (χ3v) is 3.64. The first-order valence-electron chi connectivity index (χ1n) is 1.80. The minimum Gasteiger partial charge on any atom is -0.424 e. The highest BCUT2D eigenvalue weighted by Crippen LogP contribution is 2.30. The molecular formula is C3H2Br3ClO2. The van der Waals surface area contributed by atoms with E-state index in [1.165, 1.54) is 0 Å². The Hall–Kier alpha value is 1.20. The summed E-state index contributed by atoms with van der Waals surface area (Å²) in [5.74, 6) is 0. The van der Waals surface area contributed by atoms with E-state index < -0.39 is 8.85 Å². The summed E-state index contributed by atoms with van der Waals surface area (Å²) in [6.07, 6.45) is 0. The van der Waals surface area contributed by atoms with Gasteiger partial charge in [-0.05, 0) is 31.9 Å². The van der Waals surface area contributed by atoms with Crippen molar-refractivity contribution in [2.24, 2.45) is 0 Å². The summed E-state index contributed by atoms with van der Waals surface area (Å²) in [5.41, 5.74) is -0.858. The van der Waals surface area contributed by atoms with Crippen LogP contribution in [0.15, 0.2) is 0 Å². The Kier molecular flexibility index (Phi) is 4.71. The molecule has 0 aliphatic heterocycles. The van der Waals surface area contributed by atoms with Gasteiger partial charge in [0, 0.05) is 11.6 Å². The standard InChI is InChI=1S/C3H2Br3ClO2/c4-1-3(5,6)9-2(7)8/h1H2. The van der Waals surface area contributed by atoms with Gasteiger partial charge in [-0.3, -0.25) is 0 Å². The molecule has 0 saturated carbocycles. The zero-order valence-electron chi connectivity index (χ0n) is 4.04. The lowest BCUT2D eigenvalue weighted by Gasteiger charge is -2.14. The molecule has 0 N–H and O–H groups in total. The Bertz CT molecular complexity index is 116. The molecule has 2 nitrogen and oxygen atoms in total. The maximum absolute atomic E-state index is 10.1. The number of hydrogen-bond donors (Lipinski definition) is 0. The molecule has 0 unspecified atom stereocenters. The van der Waals surface area contributed by atoms with E-state index in [1.807, 2.05) is 0 Å². The van der Waals surface area contributed by atoms with Crippen LogP contribution in [0.5, 0.6) is 0 Å². The van der Waals surface area contributed by atoms with Crippen LogP contribution < -0.4 is 0 Å². The minimum absolute atomic E-state index is 0.415. The molecule has 0 bridgehead atoms. The molecule has 9 heavy (non-hydrogen) atoms. The van der Waals surface area contributed by atoms with E-state index >= 15 is 0 Å². The van der Waals surface area contributed by atoms with Crippen molar-refractivity contribution < 1.29 is 9.53 Å². The van der Waals surface area contributed by atoms with Gasteiger partial charge in [0.2, 0.25) is 3.42 Å². The highest BCUT2D eigenvalue weighted by Gasteiger charge is 2.24. The summed E-state index contributed by atoms with van der Waals surface area (Å²) in [7, 11) is 0. The number of rotatable bonds is 2. The van der Waals surface area contributed by atoms with E-state index in [9.17, 15) is 4.79 Å². The third-order valence-electron chi connectivity index (χ3n) is 0.385. The van der Waals surface area contributed by atoms with E-state index in [1.54, 1.807) is 0 Å². The third kappa shape index (κ3) is 5.63. The molecular weight excluding hydrogens is 343 g/mol. The van der Waals surface area contributed by atoms with Crippen LogP contribution in [0.2, 0.25) is 0 Å². The van der Waals surface area contributed by atoms with E-state index in [4.69, 9.17) is 11.6 Å². The van der Waals surface area contributed by atoms with Crippen LogP contribution in [0, 0.1) is 0 Å². The molecule has 0 atom stereocenters. The average Bonchev–Trinajstić information content (AvgIpc) is 1.63. The van der Waals surface area contributed by atoms with Crippen molar-refractivity contribution in [2.45, 2.75) is 3.42 Å². The number of carbonyl (C=O) groups is 1. The fraction of sp³-hybridized carbons (Fsp3) is 0.667. The van der Waals surface area contributed by atoms with Gasteiger partial charge in [-0.25, -0.2) is 4.79 Å². The van der Waals surface area contributed by atoms with E-state index in [-0.39, 0.29) is 0 Å². The minimum atomic E-state index is -0.876. The van der Waals surface area contributed by atoms with Crippen molar-refractivity contribution in [3.63, 3.8) is 0 Å².